The average Bonchev–Trinajstić information content (AvgIpc) is 3.16. The van der Waals surface area contributed by atoms with E-state index in [1.165, 1.54) is 0 Å². The van der Waals surface area contributed by atoms with E-state index < -0.39 is 54.7 Å². The fourth-order valence-electron chi connectivity index (χ4n) is 6.15. The van der Waals surface area contributed by atoms with Gasteiger partial charge in [0.15, 0.2) is 0 Å². The first-order valence-electron chi connectivity index (χ1n) is 21.8. The highest BCUT2D eigenvalue weighted by Crippen LogP contribution is 2.46. The second kappa shape index (κ2) is 30.6. The van der Waals surface area contributed by atoms with Crippen molar-refractivity contribution in [3.8, 4) is 0 Å². The number of ether oxygens (including phenoxy) is 7. The molecule has 0 radical (unpaired) electrons. The number of nitrogens with one attached hydrogen (secondary N) is 2. The van der Waals surface area contributed by atoms with E-state index in [-0.39, 0.29) is 31.6 Å². The highest BCUT2D eigenvalue weighted by atomic mass is 19.3. The maximum atomic E-state index is 17.2. The smallest absolute Gasteiger partial charge is 0.328 e. The van der Waals surface area contributed by atoms with Crippen LogP contribution in [0.1, 0.15) is 152 Å². The van der Waals surface area contributed by atoms with Crippen LogP contribution in [0, 0.1) is 5.92 Å². The van der Waals surface area contributed by atoms with Crippen molar-refractivity contribution in [2.75, 3.05) is 59.3 Å². The van der Waals surface area contributed by atoms with E-state index in [2.05, 4.69) is 31.4 Å². The van der Waals surface area contributed by atoms with Gasteiger partial charge < -0.3 is 43.8 Å². The van der Waals surface area contributed by atoms with Crippen LogP contribution < -0.4 is 10.6 Å². The van der Waals surface area contributed by atoms with Crippen LogP contribution in [0.5, 0.6) is 0 Å². The topological polar surface area (TPSA) is 123 Å². The van der Waals surface area contributed by atoms with E-state index in [9.17, 15) is 9.59 Å². The molecule has 0 aromatic heterocycles. The fourth-order valence-corrected chi connectivity index (χ4v) is 6.15. The summed E-state index contributed by atoms with van der Waals surface area (Å²) in [6, 6.07) is -0.739. The van der Waals surface area contributed by atoms with Crippen LogP contribution in [-0.2, 0) is 42.7 Å². The molecule has 13 heteroatoms. The number of rotatable bonds is 35. The molecule has 326 valence electrons. The lowest BCUT2D eigenvalue weighted by atomic mass is 9.87. The van der Waals surface area contributed by atoms with Crippen molar-refractivity contribution in [1.82, 2.24) is 10.6 Å². The molecule has 0 spiro atoms. The maximum absolute atomic E-state index is 17.2. The molecule has 1 saturated heterocycles. The molecule has 0 saturated carbocycles. The molecule has 1 fully saturated rings. The van der Waals surface area contributed by atoms with Crippen molar-refractivity contribution in [1.29, 1.82) is 0 Å². The quantitative estimate of drug-likeness (QED) is 0.0480. The molecule has 0 aromatic rings. The number of unbranched alkanes of at least 4 members (excludes halogenated alkanes) is 7. The normalized spacial score (nSPS) is 22.7. The Morgan fingerprint density at radius 3 is 1.87 bits per heavy atom. The van der Waals surface area contributed by atoms with Gasteiger partial charge in [-0.15, -0.1) is 0 Å². The molecular weight excluding hydrogens is 714 g/mol. The molecule has 0 bridgehead atoms. The number of carbonyl (C=O) groups is 2. The Labute approximate surface area is 332 Å². The predicted molar refractivity (Wildman–Crippen MR) is 212 cm³/mol. The summed E-state index contributed by atoms with van der Waals surface area (Å²) in [4.78, 5) is 24.9. The van der Waals surface area contributed by atoms with Crippen molar-refractivity contribution in [2.45, 2.75) is 194 Å². The third-order valence-electron chi connectivity index (χ3n) is 9.84. The number of hydrogen-bond acceptors (Lipinski definition) is 10. The first-order chi connectivity index (χ1) is 26.5. The first-order valence-corrected chi connectivity index (χ1v) is 21.8. The number of carbonyl (C=O) groups excluding carboxylic acids is 2. The lowest BCUT2D eigenvalue weighted by Crippen LogP contribution is -2.75. The van der Waals surface area contributed by atoms with Crippen molar-refractivity contribution < 1.29 is 51.5 Å². The molecule has 11 nitrogen and oxygen atoms in total. The summed E-state index contributed by atoms with van der Waals surface area (Å²) in [5, 5.41) is 5.69. The summed E-state index contributed by atoms with van der Waals surface area (Å²) in [6.45, 7) is 17.1. The van der Waals surface area contributed by atoms with Crippen LogP contribution >= 0.6 is 0 Å². The lowest BCUT2D eigenvalue weighted by molar-refractivity contribution is -0.432. The van der Waals surface area contributed by atoms with Gasteiger partial charge in [0, 0.05) is 32.3 Å². The van der Waals surface area contributed by atoms with Crippen LogP contribution in [0.3, 0.4) is 0 Å². The minimum Gasteiger partial charge on any atom is -0.464 e. The van der Waals surface area contributed by atoms with Gasteiger partial charge in [-0.3, -0.25) is 4.79 Å². The van der Waals surface area contributed by atoms with Gasteiger partial charge in [-0.2, -0.15) is 8.78 Å². The molecule has 1 heterocycles. The summed E-state index contributed by atoms with van der Waals surface area (Å²) in [6.07, 6.45) is 7.62. The maximum Gasteiger partial charge on any atom is 0.328 e. The van der Waals surface area contributed by atoms with Crippen molar-refractivity contribution >= 4 is 11.9 Å². The van der Waals surface area contributed by atoms with Crippen LogP contribution in [-0.4, -0.2) is 113 Å². The van der Waals surface area contributed by atoms with Gasteiger partial charge in [-0.05, 0) is 64.8 Å². The number of esters is 1. The van der Waals surface area contributed by atoms with E-state index >= 15 is 8.78 Å². The van der Waals surface area contributed by atoms with E-state index in [0.29, 0.717) is 65.1 Å². The SMILES string of the molecule is CCCCOC[C@H]1O[C@@](OCCCC)(C(F)(F)CNCCCC[C@H](C)C(=O)N[C@@H](C)C(=O)OCCCC)[C@H](OCCCC)[C@@H](OCCCC)[C@H]1OCCCC. The fraction of sp³-hybridized carbons (Fsp3) is 0.952. The largest absolute Gasteiger partial charge is 0.464 e. The number of hydrogen-bond donors (Lipinski definition) is 2. The van der Waals surface area contributed by atoms with Crippen LogP contribution in [0.25, 0.3) is 0 Å². The van der Waals surface area contributed by atoms with Gasteiger partial charge in [0.05, 0.1) is 26.4 Å². The minimum absolute atomic E-state index is 0.0546. The van der Waals surface area contributed by atoms with Gasteiger partial charge in [0.2, 0.25) is 5.91 Å². The zero-order valence-corrected chi connectivity index (χ0v) is 35.9. The number of alkyl halides is 2. The van der Waals surface area contributed by atoms with Crippen LogP contribution in [0.15, 0.2) is 0 Å². The number of amides is 1. The van der Waals surface area contributed by atoms with Crippen molar-refractivity contribution in [2.24, 2.45) is 5.92 Å². The minimum atomic E-state index is -3.55. The lowest BCUT2D eigenvalue weighted by Gasteiger charge is -2.54. The molecule has 1 aliphatic heterocycles. The highest BCUT2D eigenvalue weighted by Gasteiger charge is 2.69. The zero-order chi connectivity index (χ0) is 41.0. The van der Waals surface area contributed by atoms with Crippen LogP contribution in [0.2, 0.25) is 0 Å². The monoisotopic (exact) mass is 795 g/mol. The standard InChI is InChI=1S/C42H80F2N2O9/c1-9-15-25-49-31-35-36(50-26-16-10-2)37(51-27-17-11-3)38(52-28-18-12-4)42(55-35,54-30-20-14-6)41(43,44)32-45-24-22-21-23-33(7)39(47)46-34(8)40(48)53-29-19-13-5/h33-38,45H,9-32H2,1-8H3,(H,46,47)/t33-,34-,35+,36-,37-,38+,42+/m0/s1. The van der Waals surface area contributed by atoms with Gasteiger partial charge in [0.25, 0.3) is 5.79 Å². The Hall–Kier alpha value is -1.48. The average molecular weight is 795 g/mol. The first kappa shape index (κ1) is 51.5. The van der Waals surface area contributed by atoms with Crippen molar-refractivity contribution in [3.63, 3.8) is 0 Å². The summed E-state index contributed by atoms with van der Waals surface area (Å²) in [5.74, 6) is -7.06. The van der Waals surface area contributed by atoms with Gasteiger partial charge in [0.1, 0.15) is 30.5 Å². The summed E-state index contributed by atoms with van der Waals surface area (Å²) < 4.78 is 77.8. The molecule has 1 aliphatic rings. The molecule has 0 aliphatic carbocycles. The van der Waals surface area contributed by atoms with E-state index in [1.807, 2.05) is 20.8 Å². The zero-order valence-electron chi connectivity index (χ0n) is 35.9. The molecule has 2 N–H and O–H groups in total. The molecule has 1 rings (SSSR count). The molecule has 0 aromatic carbocycles. The Morgan fingerprint density at radius 2 is 1.25 bits per heavy atom. The Morgan fingerprint density at radius 1 is 0.709 bits per heavy atom. The van der Waals surface area contributed by atoms with Gasteiger partial charge in [-0.25, -0.2) is 4.79 Å². The van der Waals surface area contributed by atoms with E-state index in [0.717, 1.165) is 64.2 Å². The third-order valence-corrected chi connectivity index (χ3v) is 9.84. The predicted octanol–water partition coefficient (Wildman–Crippen LogP) is 8.15. The molecule has 55 heavy (non-hydrogen) atoms. The van der Waals surface area contributed by atoms with Crippen molar-refractivity contribution in [3.05, 3.63) is 0 Å². The molecule has 0 unspecified atom stereocenters. The summed E-state index contributed by atoms with van der Waals surface area (Å²) in [7, 11) is 0. The molecular formula is C42H80F2N2O9. The second-order valence-corrected chi connectivity index (χ2v) is 15.0. The Bertz CT molecular complexity index is 981. The second-order valence-electron chi connectivity index (χ2n) is 15.0. The summed E-state index contributed by atoms with van der Waals surface area (Å²) in [5.41, 5.74) is 0. The van der Waals surface area contributed by atoms with E-state index in [4.69, 9.17) is 33.2 Å². The van der Waals surface area contributed by atoms with Gasteiger partial charge in [-0.1, -0.05) is 93.4 Å². The Balaban J connectivity index is 3.25. The summed E-state index contributed by atoms with van der Waals surface area (Å²) >= 11 is 0. The number of halogens is 2. The Kier molecular flexibility index (Phi) is 28.7. The highest BCUT2D eigenvalue weighted by molar-refractivity contribution is 5.85. The van der Waals surface area contributed by atoms with Gasteiger partial charge >= 0.3 is 11.9 Å². The third kappa shape index (κ3) is 18.8. The molecule has 7 atom stereocenters. The van der Waals surface area contributed by atoms with Crippen LogP contribution in [0.4, 0.5) is 8.78 Å². The van der Waals surface area contributed by atoms with E-state index in [1.54, 1.807) is 13.8 Å². The molecule has 1 amide bonds.